The third-order valence-electron chi connectivity index (χ3n) is 4.22. The van der Waals surface area contributed by atoms with Crippen LogP contribution >= 0.6 is 11.8 Å². The van der Waals surface area contributed by atoms with Gasteiger partial charge in [-0.3, -0.25) is 4.79 Å². The fourth-order valence-electron chi connectivity index (χ4n) is 3.09. The molecule has 4 heteroatoms. The van der Waals surface area contributed by atoms with E-state index in [1.807, 2.05) is 11.8 Å². The van der Waals surface area contributed by atoms with Crippen molar-refractivity contribution in [3.8, 4) is 0 Å². The molecule has 1 heterocycles. The zero-order chi connectivity index (χ0) is 11.6. The van der Waals surface area contributed by atoms with Crippen LogP contribution < -0.4 is 0 Å². The summed E-state index contributed by atoms with van der Waals surface area (Å²) in [4.78, 5) is 11.6. The SMILES string of the molecule is O=C(O)C1(C2CCCSC2)CCC(O)CC1. The summed E-state index contributed by atoms with van der Waals surface area (Å²) in [6.45, 7) is 0. The molecule has 1 atom stereocenters. The van der Waals surface area contributed by atoms with E-state index in [1.54, 1.807) is 0 Å². The van der Waals surface area contributed by atoms with E-state index in [2.05, 4.69) is 0 Å². The summed E-state index contributed by atoms with van der Waals surface area (Å²) < 4.78 is 0. The van der Waals surface area contributed by atoms with Crippen molar-refractivity contribution in [1.29, 1.82) is 0 Å². The van der Waals surface area contributed by atoms with E-state index >= 15 is 0 Å². The molecule has 2 N–H and O–H groups in total. The number of carboxylic acid groups (broad SMARTS) is 1. The lowest BCUT2D eigenvalue weighted by molar-refractivity contribution is -0.156. The molecule has 16 heavy (non-hydrogen) atoms. The smallest absolute Gasteiger partial charge is 0.309 e. The molecule has 2 fully saturated rings. The average molecular weight is 244 g/mol. The predicted molar refractivity (Wildman–Crippen MR) is 64.6 cm³/mol. The summed E-state index contributed by atoms with van der Waals surface area (Å²) in [5.41, 5.74) is -0.535. The summed E-state index contributed by atoms with van der Waals surface area (Å²) in [5.74, 6) is 1.85. The molecule has 0 aromatic heterocycles. The maximum absolute atomic E-state index is 11.6. The molecule has 1 aliphatic carbocycles. The number of rotatable bonds is 2. The Morgan fingerprint density at radius 1 is 1.25 bits per heavy atom. The minimum absolute atomic E-state index is 0.274. The Bertz CT molecular complexity index is 253. The van der Waals surface area contributed by atoms with E-state index in [0.29, 0.717) is 31.6 Å². The molecule has 0 bridgehead atoms. The highest BCUT2D eigenvalue weighted by Crippen LogP contribution is 2.47. The van der Waals surface area contributed by atoms with Gasteiger partial charge >= 0.3 is 5.97 Å². The van der Waals surface area contributed by atoms with Gasteiger partial charge in [-0.2, -0.15) is 11.8 Å². The van der Waals surface area contributed by atoms with E-state index in [9.17, 15) is 15.0 Å². The topological polar surface area (TPSA) is 57.5 Å². The van der Waals surface area contributed by atoms with Crippen LogP contribution in [0.4, 0.5) is 0 Å². The highest BCUT2D eigenvalue weighted by Gasteiger charge is 2.47. The van der Waals surface area contributed by atoms with Crippen LogP contribution in [0, 0.1) is 11.3 Å². The summed E-state index contributed by atoms with van der Waals surface area (Å²) in [5, 5.41) is 19.1. The highest BCUT2D eigenvalue weighted by atomic mass is 32.2. The standard InChI is InChI=1S/C12H20O3S/c13-10-3-5-12(6-4-10,11(14)15)9-2-1-7-16-8-9/h9-10,13H,1-8H2,(H,14,15). The normalized spacial score (nSPS) is 40.6. The van der Waals surface area contributed by atoms with Crippen molar-refractivity contribution >= 4 is 17.7 Å². The molecule has 92 valence electrons. The Balaban J connectivity index is 2.11. The van der Waals surface area contributed by atoms with Gasteiger partial charge in [0.2, 0.25) is 0 Å². The molecule has 1 saturated heterocycles. The molecule has 0 amide bonds. The molecule has 2 aliphatic rings. The van der Waals surface area contributed by atoms with Gasteiger partial charge in [0, 0.05) is 0 Å². The fourth-order valence-corrected chi connectivity index (χ4v) is 4.40. The van der Waals surface area contributed by atoms with Gasteiger partial charge in [-0.05, 0) is 55.9 Å². The summed E-state index contributed by atoms with van der Waals surface area (Å²) >= 11 is 1.89. The van der Waals surface area contributed by atoms with Gasteiger partial charge < -0.3 is 10.2 Å². The van der Waals surface area contributed by atoms with Crippen molar-refractivity contribution in [2.45, 2.75) is 44.6 Å². The third kappa shape index (κ3) is 2.23. The van der Waals surface area contributed by atoms with Gasteiger partial charge in [-0.15, -0.1) is 0 Å². The van der Waals surface area contributed by atoms with Crippen molar-refractivity contribution in [2.24, 2.45) is 11.3 Å². The number of carboxylic acids is 1. The molecule has 2 rings (SSSR count). The Morgan fingerprint density at radius 2 is 1.94 bits per heavy atom. The number of carbonyl (C=O) groups is 1. The summed E-state index contributed by atoms with van der Waals surface area (Å²) in [7, 11) is 0. The number of aliphatic hydroxyl groups is 1. The van der Waals surface area contributed by atoms with Gasteiger partial charge in [0.25, 0.3) is 0 Å². The van der Waals surface area contributed by atoms with Crippen molar-refractivity contribution < 1.29 is 15.0 Å². The van der Waals surface area contributed by atoms with Crippen LogP contribution in [0.2, 0.25) is 0 Å². The second-order valence-electron chi connectivity index (χ2n) is 5.11. The number of hydrogen-bond donors (Lipinski definition) is 2. The van der Waals surface area contributed by atoms with Crippen molar-refractivity contribution in [3.63, 3.8) is 0 Å². The van der Waals surface area contributed by atoms with Crippen molar-refractivity contribution in [2.75, 3.05) is 11.5 Å². The van der Waals surface area contributed by atoms with Gasteiger partial charge in [-0.1, -0.05) is 0 Å². The van der Waals surface area contributed by atoms with Crippen molar-refractivity contribution in [3.05, 3.63) is 0 Å². The van der Waals surface area contributed by atoms with E-state index in [1.165, 1.54) is 5.75 Å². The number of aliphatic hydroxyl groups excluding tert-OH is 1. The largest absolute Gasteiger partial charge is 0.481 e. The number of aliphatic carboxylic acids is 1. The molecule has 0 radical (unpaired) electrons. The molecule has 0 aromatic carbocycles. The highest BCUT2D eigenvalue weighted by molar-refractivity contribution is 7.99. The van der Waals surface area contributed by atoms with E-state index in [0.717, 1.165) is 18.6 Å². The lowest BCUT2D eigenvalue weighted by Gasteiger charge is -2.42. The minimum Gasteiger partial charge on any atom is -0.481 e. The lowest BCUT2D eigenvalue weighted by atomic mass is 9.64. The number of hydrogen-bond acceptors (Lipinski definition) is 3. The lowest BCUT2D eigenvalue weighted by Crippen LogP contribution is -2.44. The Hall–Kier alpha value is -0.220. The molecule has 1 unspecified atom stereocenters. The molecule has 0 spiro atoms. The Kier molecular flexibility index (Phi) is 3.80. The second kappa shape index (κ2) is 4.96. The van der Waals surface area contributed by atoms with Crippen molar-refractivity contribution in [1.82, 2.24) is 0 Å². The van der Waals surface area contributed by atoms with Crippen LogP contribution in [-0.4, -0.2) is 33.8 Å². The predicted octanol–water partition coefficient (Wildman–Crippen LogP) is 2.14. The maximum atomic E-state index is 11.6. The van der Waals surface area contributed by atoms with Gasteiger partial charge in [0.15, 0.2) is 0 Å². The molecular formula is C12H20O3S. The second-order valence-corrected chi connectivity index (χ2v) is 6.26. The van der Waals surface area contributed by atoms with Crippen LogP contribution in [0.25, 0.3) is 0 Å². The van der Waals surface area contributed by atoms with E-state index in [-0.39, 0.29) is 6.10 Å². The van der Waals surface area contributed by atoms with Crippen LogP contribution in [0.3, 0.4) is 0 Å². The summed E-state index contributed by atoms with van der Waals surface area (Å²) in [6.07, 6.45) is 4.57. The van der Waals surface area contributed by atoms with Gasteiger partial charge in [0.05, 0.1) is 11.5 Å². The van der Waals surface area contributed by atoms with E-state index < -0.39 is 11.4 Å². The first-order valence-electron chi connectivity index (χ1n) is 6.14. The molecule has 1 saturated carbocycles. The molecule has 3 nitrogen and oxygen atoms in total. The Labute approximate surface area is 101 Å². The average Bonchev–Trinajstić information content (AvgIpc) is 2.31. The zero-order valence-corrected chi connectivity index (χ0v) is 10.3. The first-order valence-corrected chi connectivity index (χ1v) is 7.30. The van der Waals surface area contributed by atoms with Crippen LogP contribution in [0.15, 0.2) is 0 Å². The maximum Gasteiger partial charge on any atom is 0.309 e. The first-order chi connectivity index (χ1) is 7.65. The van der Waals surface area contributed by atoms with Gasteiger partial charge in [-0.25, -0.2) is 0 Å². The molecular weight excluding hydrogens is 224 g/mol. The zero-order valence-electron chi connectivity index (χ0n) is 9.52. The van der Waals surface area contributed by atoms with Crippen LogP contribution in [0.5, 0.6) is 0 Å². The fraction of sp³-hybridized carbons (Fsp3) is 0.917. The van der Waals surface area contributed by atoms with Crippen LogP contribution in [0.1, 0.15) is 38.5 Å². The Morgan fingerprint density at radius 3 is 2.44 bits per heavy atom. The molecule has 1 aliphatic heterocycles. The quantitative estimate of drug-likeness (QED) is 0.781. The van der Waals surface area contributed by atoms with Crippen LogP contribution in [-0.2, 0) is 4.79 Å². The third-order valence-corrected chi connectivity index (χ3v) is 5.43. The monoisotopic (exact) mass is 244 g/mol. The summed E-state index contributed by atoms with van der Waals surface area (Å²) in [6, 6.07) is 0. The van der Waals surface area contributed by atoms with Gasteiger partial charge in [0.1, 0.15) is 0 Å². The first kappa shape index (κ1) is 12.2. The number of thioether (sulfide) groups is 1. The molecule has 0 aromatic rings. The van der Waals surface area contributed by atoms with E-state index in [4.69, 9.17) is 0 Å². The minimum atomic E-state index is -0.633.